The molecule has 2 amide bonds. The molecule has 1 aromatic carbocycles. The summed E-state index contributed by atoms with van der Waals surface area (Å²) in [4.78, 5) is 37.4. The number of hydrogen-bond donors (Lipinski definition) is 1. The molecule has 6 heteroatoms. The summed E-state index contributed by atoms with van der Waals surface area (Å²) in [6.45, 7) is 7.55. The normalized spacial score (nSPS) is 16.8. The first kappa shape index (κ1) is 17.0. The van der Waals surface area contributed by atoms with Gasteiger partial charge in [0.15, 0.2) is 11.9 Å². The maximum Gasteiger partial charge on any atom is 0.268 e. The predicted molar refractivity (Wildman–Crippen MR) is 86.7 cm³/mol. The van der Waals surface area contributed by atoms with E-state index >= 15 is 0 Å². The van der Waals surface area contributed by atoms with Crippen LogP contribution in [0.15, 0.2) is 18.2 Å². The van der Waals surface area contributed by atoms with Crippen molar-refractivity contribution in [2.45, 2.75) is 33.8 Å². The lowest BCUT2D eigenvalue weighted by molar-refractivity contribution is -0.128. The van der Waals surface area contributed by atoms with Gasteiger partial charge in [-0.05, 0) is 38.0 Å². The van der Waals surface area contributed by atoms with Crippen LogP contribution in [0.1, 0.15) is 38.1 Å². The van der Waals surface area contributed by atoms with Crippen LogP contribution in [-0.4, -0.2) is 36.8 Å². The highest BCUT2D eigenvalue weighted by molar-refractivity contribution is 6.05. The number of nitrogens with zero attached hydrogens (tertiary/aromatic N) is 1. The number of rotatable bonds is 5. The minimum Gasteiger partial charge on any atom is -0.479 e. The van der Waals surface area contributed by atoms with E-state index in [0.717, 1.165) is 0 Å². The van der Waals surface area contributed by atoms with Gasteiger partial charge in [-0.25, -0.2) is 0 Å². The van der Waals surface area contributed by atoms with Crippen LogP contribution < -0.4 is 15.0 Å². The molecule has 1 N–H and O–H groups in total. The van der Waals surface area contributed by atoms with Crippen LogP contribution in [0.5, 0.6) is 5.75 Å². The lowest BCUT2D eigenvalue weighted by atomic mass is 10.1. The van der Waals surface area contributed by atoms with Crippen LogP contribution in [0.3, 0.4) is 0 Å². The smallest absolute Gasteiger partial charge is 0.268 e. The summed E-state index contributed by atoms with van der Waals surface area (Å²) >= 11 is 0. The molecule has 0 spiro atoms. The second-order valence-electron chi connectivity index (χ2n) is 6.12. The number of fused-ring (bicyclic) bond motifs is 1. The minimum absolute atomic E-state index is 0.0897. The molecule has 0 radical (unpaired) electrons. The van der Waals surface area contributed by atoms with Crippen LogP contribution in [0.25, 0.3) is 0 Å². The number of Topliss-reactive ketones (excluding diaryl/α,β-unsaturated/α-hetero) is 1. The second kappa shape index (κ2) is 6.81. The molecule has 1 aromatic rings. The molecule has 1 heterocycles. The molecular weight excluding hydrogens is 296 g/mol. The molecule has 1 aliphatic rings. The zero-order valence-electron chi connectivity index (χ0n) is 13.9. The van der Waals surface area contributed by atoms with Crippen molar-refractivity contribution in [3.05, 3.63) is 23.8 Å². The quantitative estimate of drug-likeness (QED) is 0.840. The van der Waals surface area contributed by atoms with E-state index in [4.69, 9.17) is 4.74 Å². The number of benzene rings is 1. The topological polar surface area (TPSA) is 75.7 Å². The summed E-state index contributed by atoms with van der Waals surface area (Å²) in [5.74, 6) is 0.190. The summed E-state index contributed by atoms with van der Waals surface area (Å²) in [5, 5.41) is 2.79. The predicted octanol–water partition coefficient (Wildman–Crippen LogP) is 1.78. The summed E-state index contributed by atoms with van der Waals surface area (Å²) in [6, 6.07) is 4.91. The molecule has 6 nitrogen and oxygen atoms in total. The van der Waals surface area contributed by atoms with E-state index in [1.807, 2.05) is 13.8 Å². The van der Waals surface area contributed by atoms with Gasteiger partial charge >= 0.3 is 0 Å². The van der Waals surface area contributed by atoms with E-state index in [2.05, 4.69) is 5.32 Å². The zero-order valence-corrected chi connectivity index (χ0v) is 13.9. The monoisotopic (exact) mass is 318 g/mol. The maximum atomic E-state index is 12.4. The number of carbonyl (C=O) groups excluding carboxylic acids is 3. The largest absolute Gasteiger partial charge is 0.479 e. The van der Waals surface area contributed by atoms with Gasteiger partial charge in [0.05, 0.1) is 5.69 Å². The Bertz CT molecular complexity index is 639. The van der Waals surface area contributed by atoms with Gasteiger partial charge in [0, 0.05) is 12.1 Å². The number of carbonyl (C=O) groups is 3. The Morgan fingerprint density at radius 2 is 2.04 bits per heavy atom. The lowest BCUT2D eigenvalue weighted by Crippen LogP contribution is -2.49. The highest BCUT2D eigenvalue weighted by Gasteiger charge is 2.33. The van der Waals surface area contributed by atoms with E-state index < -0.39 is 6.10 Å². The van der Waals surface area contributed by atoms with Gasteiger partial charge in [0.2, 0.25) is 5.91 Å². The number of amides is 2. The van der Waals surface area contributed by atoms with E-state index in [-0.39, 0.29) is 24.1 Å². The van der Waals surface area contributed by atoms with Crippen molar-refractivity contribution in [1.82, 2.24) is 5.32 Å². The van der Waals surface area contributed by atoms with E-state index in [9.17, 15) is 14.4 Å². The van der Waals surface area contributed by atoms with E-state index in [1.54, 1.807) is 25.1 Å². The zero-order chi connectivity index (χ0) is 17.1. The molecule has 0 saturated carbocycles. The number of anilines is 1. The molecule has 23 heavy (non-hydrogen) atoms. The van der Waals surface area contributed by atoms with E-state index in [1.165, 1.54) is 11.8 Å². The van der Waals surface area contributed by atoms with Crippen molar-refractivity contribution in [2.24, 2.45) is 5.92 Å². The molecule has 1 atom stereocenters. The van der Waals surface area contributed by atoms with Crippen LogP contribution in [0.4, 0.5) is 5.69 Å². The molecule has 0 saturated heterocycles. The van der Waals surface area contributed by atoms with Gasteiger partial charge < -0.3 is 10.1 Å². The van der Waals surface area contributed by atoms with Gasteiger partial charge in [-0.2, -0.15) is 0 Å². The number of ketones is 1. The summed E-state index contributed by atoms with van der Waals surface area (Å²) < 4.78 is 5.55. The number of hydrogen-bond acceptors (Lipinski definition) is 4. The molecular formula is C17H22N2O4. The average molecular weight is 318 g/mol. The third-order valence-corrected chi connectivity index (χ3v) is 3.58. The minimum atomic E-state index is -0.663. The van der Waals surface area contributed by atoms with Crippen LogP contribution in [-0.2, 0) is 9.59 Å². The average Bonchev–Trinajstić information content (AvgIpc) is 2.49. The highest BCUT2D eigenvalue weighted by atomic mass is 16.5. The summed E-state index contributed by atoms with van der Waals surface area (Å²) in [7, 11) is 0. The molecule has 0 aromatic heterocycles. The fourth-order valence-corrected chi connectivity index (χ4v) is 2.31. The van der Waals surface area contributed by atoms with Gasteiger partial charge in [0.1, 0.15) is 12.3 Å². The first-order chi connectivity index (χ1) is 10.8. The molecule has 124 valence electrons. The summed E-state index contributed by atoms with van der Waals surface area (Å²) in [5.41, 5.74) is 0.933. The van der Waals surface area contributed by atoms with Crippen LogP contribution >= 0.6 is 0 Å². The second-order valence-corrected chi connectivity index (χ2v) is 6.12. The highest BCUT2D eigenvalue weighted by Crippen LogP contribution is 2.34. The Morgan fingerprint density at radius 1 is 1.35 bits per heavy atom. The van der Waals surface area contributed by atoms with Crippen molar-refractivity contribution in [2.75, 3.05) is 18.0 Å². The first-order valence-corrected chi connectivity index (χ1v) is 7.69. The first-order valence-electron chi connectivity index (χ1n) is 7.69. The summed E-state index contributed by atoms with van der Waals surface area (Å²) in [6.07, 6.45) is -0.663. The molecule has 0 aliphatic carbocycles. The van der Waals surface area contributed by atoms with Crippen LogP contribution in [0, 0.1) is 5.92 Å². The fraction of sp³-hybridized carbons (Fsp3) is 0.471. The van der Waals surface area contributed by atoms with Crippen LogP contribution in [0.2, 0.25) is 0 Å². The van der Waals surface area contributed by atoms with E-state index in [0.29, 0.717) is 29.5 Å². The Morgan fingerprint density at radius 3 is 2.65 bits per heavy atom. The Hall–Kier alpha value is -2.37. The third kappa shape index (κ3) is 3.88. The van der Waals surface area contributed by atoms with Crippen molar-refractivity contribution in [3.63, 3.8) is 0 Å². The standard InChI is InChI=1S/C17H22N2O4/c1-10(2)8-18-16(21)9-19-14-7-13(11(3)20)5-6-15(14)23-12(4)17(19)22/h5-7,10,12H,8-9H2,1-4H3,(H,18,21). The Kier molecular flexibility index (Phi) is 5.03. The number of nitrogens with one attached hydrogen (secondary N) is 1. The maximum absolute atomic E-state index is 12.4. The lowest BCUT2D eigenvalue weighted by Gasteiger charge is -2.32. The molecule has 1 unspecified atom stereocenters. The van der Waals surface area contributed by atoms with Crippen molar-refractivity contribution in [3.8, 4) is 5.75 Å². The fourth-order valence-electron chi connectivity index (χ4n) is 2.31. The van der Waals surface area contributed by atoms with Gasteiger partial charge in [-0.1, -0.05) is 13.8 Å². The van der Waals surface area contributed by atoms with Gasteiger partial charge in [0.25, 0.3) is 5.91 Å². The number of ether oxygens (including phenoxy) is 1. The van der Waals surface area contributed by atoms with Gasteiger partial charge in [-0.3, -0.25) is 19.3 Å². The van der Waals surface area contributed by atoms with Crippen molar-refractivity contribution >= 4 is 23.3 Å². The molecule has 0 fully saturated rings. The molecule has 2 rings (SSSR count). The van der Waals surface area contributed by atoms with Crippen molar-refractivity contribution in [1.29, 1.82) is 0 Å². The third-order valence-electron chi connectivity index (χ3n) is 3.58. The van der Waals surface area contributed by atoms with Gasteiger partial charge in [-0.15, -0.1) is 0 Å². The SMILES string of the molecule is CC(=O)c1ccc2c(c1)N(CC(=O)NCC(C)C)C(=O)C(C)O2. The van der Waals surface area contributed by atoms with Crippen molar-refractivity contribution < 1.29 is 19.1 Å². The Balaban J connectivity index is 2.27. The molecule has 0 bridgehead atoms. The Labute approximate surface area is 135 Å². The molecule has 1 aliphatic heterocycles.